The molecule has 3 rings (SSSR count). The van der Waals surface area contributed by atoms with E-state index in [4.69, 9.17) is 11.6 Å². The van der Waals surface area contributed by atoms with Crippen LogP contribution in [0.2, 0.25) is 0 Å². The SMILES string of the molecule is Nc1nnc(C2C3CCCC32)n1N. The van der Waals surface area contributed by atoms with Crippen molar-refractivity contribution in [2.24, 2.45) is 11.8 Å². The molecule has 13 heavy (non-hydrogen) atoms. The molecule has 0 saturated heterocycles. The van der Waals surface area contributed by atoms with Crippen molar-refractivity contribution in [3.8, 4) is 0 Å². The summed E-state index contributed by atoms with van der Waals surface area (Å²) in [6.07, 6.45) is 4.00. The minimum atomic E-state index is 0.319. The summed E-state index contributed by atoms with van der Waals surface area (Å²) < 4.78 is 1.43. The molecule has 70 valence electrons. The summed E-state index contributed by atoms with van der Waals surface area (Å²) in [5.74, 6) is 9.08. The molecule has 2 unspecified atom stereocenters. The van der Waals surface area contributed by atoms with E-state index in [0.29, 0.717) is 11.9 Å². The number of rotatable bonds is 1. The number of aromatic nitrogens is 3. The zero-order valence-electron chi connectivity index (χ0n) is 7.35. The Hall–Kier alpha value is -1.26. The summed E-state index contributed by atoms with van der Waals surface area (Å²) in [6, 6.07) is 0. The first-order valence-corrected chi connectivity index (χ1v) is 4.75. The van der Waals surface area contributed by atoms with Crippen molar-refractivity contribution >= 4 is 5.95 Å². The van der Waals surface area contributed by atoms with Gasteiger partial charge >= 0.3 is 0 Å². The number of nitrogen functional groups attached to an aromatic ring is 2. The van der Waals surface area contributed by atoms with Crippen molar-refractivity contribution in [2.45, 2.75) is 25.2 Å². The summed E-state index contributed by atoms with van der Waals surface area (Å²) in [7, 11) is 0. The van der Waals surface area contributed by atoms with Gasteiger partial charge in [-0.25, -0.2) is 4.68 Å². The van der Waals surface area contributed by atoms with E-state index in [1.807, 2.05) is 0 Å². The van der Waals surface area contributed by atoms with Crippen LogP contribution in [0, 0.1) is 11.8 Å². The minimum absolute atomic E-state index is 0.319. The maximum Gasteiger partial charge on any atom is 0.240 e. The molecule has 4 N–H and O–H groups in total. The number of nitrogens with two attached hydrogens (primary N) is 2. The van der Waals surface area contributed by atoms with Crippen LogP contribution in [-0.2, 0) is 0 Å². The van der Waals surface area contributed by atoms with E-state index < -0.39 is 0 Å². The van der Waals surface area contributed by atoms with Crippen LogP contribution in [0.1, 0.15) is 31.0 Å². The largest absolute Gasteiger partial charge is 0.366 e. The summed E-state index contributed by atoms with van der Waals surface area (Å²) in [4.78, 5) is 0. The van der Waals surface area contributed by atoms with Crippen molar-refractivity contribution < 1.29 is 0 Å². The average molecular weight is 179 g/mol. The Balaban J connectivity index is 1.91. The Kier molecular flexibility index (Phi) is 1.19. The van der Waals surface area contributed by atoms with Crippen LogP contribution in [0.5, 0.6) is 0 Å². The second kappa shape index (κ2) is 2.16. The molecule has 5 nitrogen and oxygen atoms in total. The fourth-order valence-corrected chi connectivity index (χ4v) is 2.75. The van der Waals surface area contributed by atoms with Crippen molar-refractivity contribution in [3.05, 3.63) is 5.82 Å². The molecule has 2 atom stereocenters. The van der Waals surface area contributed by atoms with Gasteiger partial charge in [-0.3, -0.25) is 0 Å². The molecule has 0 amide bonds. The molecule has 1 aromatic rings. The normalized spacial score (nSPS) is 36.2. The Morgan fingerprint density at radius 3 is 2.46 bits per heavy atom. The van der Waals surface area contributed by atoms with Crippen LogP contribution in [-0.4, -0.2) is 14.9 Å². The first-order chi connectivity index (χ1) is 6.29. The van der Waals surface area contributed by atoms with Gasteiger partial charge in [0.2, 0.25) is 5.95 Å². The summed E-state index contributed by atoms with van der Waals surface area (Å²) >= 11 is 0. The third-order valence-corrected chi connectivity index (χ3v) is 3.45. The summed E-state index contributed by atoms with van der Waals surface area (Å²) in [5.41, 5.74) is 5.52. The molecule has 0 radical (unpaired) electrons. The van der Waals surface area contributed by atoms with Crippen molar-refractivity contribution in [1.29, 1.82) is 0 Å². The molecule has 1 heterocycles. The molecule has 0 bridgehead atoms. The van der Waals surface area contributed by atoms with E-state index in [2.05, 4.69) is 10.2 Å². The van der Waals surface area contributed by atoms with Gasteiger partial charge in [-0.05, 0) is 24.7 Å². The zero-order chi connectivity index (χ0) is 9.00. The molecule has 0 aromatic carbocycles. The predicted molar refractivity (Wildman–Crippen MR) is 48.2 cm³/mol. The minimum Gasteiger partial charge on any atom is -0.366 e. The fourth-order valence-electron chi connectivity index (χ4n) is 2.75. The fraction of sp³-hybridized carbons (Fsp3) is 0.750. The molecular formula is C8H13N5. The van der Waals surface area contributed by atoms with E-state index in [1.165, 1.54) is 23.9 Å². The highest BCUT2D eigenvalue weighted by atomic mass is 15.4. The van der Waals surface area contributed by atoms with Gasteiger partial charge in [0, 0.05) is 5.92 Å². The van der Waals surface area contributed by atoms with Crippen molar-refractivity contribution in [2.75, 3.05) is 11.6 Å². The standard InChI is InChI=1S/C8H13N5/c9-8-12-11-7(13(8)10)6-4-2-1-3-5(4)6/h4-6H,1-3,10H2,(H2,9,12). The Labute approximate surface area is 76.1 Å². The lowest BCUT2D eigenvalue weighted by atomic mass is 10.1. The van der Waals surface area contributed by atoms with Gasteiger partial charge in [0.1, 0.15) is 0 Å². The number of fused-ring (bicyclic) bond motifs is 1. The monoisotopic (exact) mass is 179 g/mol. The lowest BCUT2D eigenvalue weighted by Gasteiger charge is -2.02. The smallest absolute Gasteiger partial charge is 0.240 e. The van der Waals surface area contributed by atoms with E-state index in [1.54, 1.807) is 0 Å². The number of hydrogen-bond acceptors (Lipinski definition) is 4. The Morgan fingerprint density at radius 1 is 1.23 bits per heavy atom. The maximum absolute atomic E-state index is 5.71. The molecule has 1 aromatic heterocycles. The lowest BCUT2D eigenvalue weighted by molar-refractivity contribution is 0.645. The number of hydrogen-bond donors (Lipinski definition) is 2. The molecule has 2 aliphatic carbocycles. The second-order valence-corrected chi connectivity index (χ2v) is 4.07. The van der Waals surface area contributed by atoms with E-state index in [0.717, 1.165) is 17.7 Å². The highest BCUT2D eigenvalue weighted by Crippen LogP contribution is 2.62. The first-order valence-electron chi connectivity index (χ1n) is 4.75. The second-order valence-electron chi connectivity index (χ2n) is 4.07. The Morgan fingerprint density at radius 2 is 1.92 bits per heavy atom. The van der Waals surface area contributed by atoms with Gasteiger partial charge in [0.15, 0.2) is 5.82 Å². The highest BCUT2D eigenvalue weighted by Gasteiger charge is 2.55. The van der Waals surface area contributed by atoms with Crippen LogP contribution in [0.25, 0.3) is 0 Å². The zero-order valence-corrected chi connectivity index (χ0v) is 7.35. The van der Waals surface area contributed by atoms with Crippen molar-refractivity contribution in [1.82, 2.24) is 14.9 Å². The van der Waals surface area contributed by atoms with Crippen LogP contribution < -0.4 is 11.6 Å². The maximum atomic E-state index is 5.71. The van der Waals surface area contributed by atoms with E-state index in [-0.39, 0.29) is 0 Å². The highest BCUT2D eigenvalue weighted by molar-refractivity contribution is 5.25. The van der Waals surface area contributed by atoms with Gasteiger partial charge in [-0.2, -0.15) is 0 Å². The quantitative estimate of drug-likeness (QED) is 0.598. The van der Waals surface area contributed by atoms with Crippen molar-refractivity contribution in [3.63, 3.8) is 0 Å². The number of nitrogens with zero attached hydrogens (tertiary/aromatic N) is 3. The molecular weight excluding hydrogens is 166 g/mol. The van der Waals surface area contributed by atoms with Gasteiger partial charge in [-0.15, -0.1) is 10.2 Å². The summed E-state index contributed by atoms with van der Waals surface area (Å²) in [5, 5.41) is 7.79. The topological polar surface area (TPSA) is 82.8 Å². The molecule has 2 saturated carbocycles. The molecule has 2 fully saturated rings. The van der Waals surface area contributed by atoms with Crippen LogP contribution >= 0.6 is 0 Å². The predicted octanol–water partition coefficient (Wildman–Crippen LogP) is 0.0876. The van der Waals surface area contributed by atoms with Crippen LogP contribution in [0.4, 0.5) is 5.95 Å². The Bertz CT molecular complexity index is 334. The third-order valence-electron chi connectivity index (χ3n) is 3.45. The van der Waals surface area contributed by atoms with Crippen LogP contribution in [0.3, 0.4) is 0 Å². The van der Waals surface area contributed by atoms with E-state index >= 15 is 0 Å². The third kappa shape index (κ3) is 0.814. The molecule has 2 aliphatic rings. The van der Waals surface area contributed by atoms with Crippen LogP contribution in [0.15, 0.2) is 0 Å². The molecule has 5 heteroatoms. The van der Waals surface area contributed by atoms with Gasteiger partial charge in [0.25, 0.3) is 0 Å². The summed E-state index contributed by atoms with van der Waals surface area (Å²) in [6.45, 7) is 0. The molecule has 0 aliphatic heterocycles. The van der Waals surface area contributed by atoms with Gasteiger partial charge < -0.3 is 11.6 Å². The lowest BCUT2D eigenvalue weighted by Crippen LogP contribution is -2.15. The van der Waals surface area contributed by atoms with E-state index in [9.17, 15) is 0 Å². The van der Waals surface area contributed by atoms with Gasteiger partial charge in [-0.1, -0.05) is 6.42 Å². The van der Waals surface area contributed by atoms with Gasteiger partial charge in [0.05, 0.1) is 0 Å². The first kappa shape index (κ1) is 7.17. The number of anilines is 1. The molecule has 0 spiro atoms. The average Bonchev–Trinajstić information content (AvgIpc) is 2.49.